The lowest BCUT2D eigenvalue weighted by molar-refractivity contribution is -0.116. The first-order valence-electron chi connectivity index (χ1n) is 8.80. The average molecular weight is 363 g/mol. The van der Waals surface area contributed by atoms with Crippen LogP contribution in [-0.2, 0) is 16.1 Å². The van der Waals surface area contributed by atoms with Crippen molar-refractivity contribution in [3.05, 3.63) is 72.4 Å². The van der Waals surface area contributed by atoms with Crippen LogP contribution in [0.2, 0.25) is 0 Å². The van der Waals surface area contributed by atoms with Gasteiger partial charge in [-0.2, -0.15) is 0 Å². The van der Waals surface area contributed by atoms with Gasteiger partial charge in [-0.25, -0.2) is 4.79 Å². The van der Waals surface area contributed by atoms with Gasteiger partial charge in [0.25, 0.3) is 0 Å². The summed E-state index contributed by atoms with van der Waals surface area (Å²) in [4.78, 5) is 28.0. The molecule has 0 aliphatic rings. The van der Waals surface area contributed by atoms with Gasteiger partial charge >= 0.3 is 6.09 Å². The number of benzene rings is 2. The Morgan fingerprint density at radius 1 is 1.00 bits per heavy atom. The number of pyridine rings is 1. The summed E-state index contributed by atoms with van der Waals surface area (Å²) >= 11 is 0. The van der Waals surface area contributed by atoms with Crippen molar-refractivity contribution < 1.29 is 14.3 Å². The molecule has 0 bridgehead atoms. The quantitative estimate of drug-likeness (QED) is 0.624. The van der Waals surface area contributed by atoms with E-state index in [2.05, 4.69) is 15.6 Å². The lowest BCUT2D eigenvalue weighted by Crippen LogP contribution is -2.26. The Kier molecular flexibility index (Phi) is 6.35. The van der Waals surface area contributed by atoms with E-state index >= 15 is 0 Å². The van der Waals surface area contributed by atoms with Crippen molar-refractivity contribution in [3.63, 3.8) is 0 Å². The van der Waals surface area contributed by atoms with Gasteiger partial charge in [0.05, 0.1) is 17.4 Å². The van der Waals surface area contributed by atoms with Crippen molar-refractivity contribution in [1.82, 2.24) is 10.3 Å². The highest BCUT2D eigenvalue weighted by Crippen LogP contribution is 2.16. The number of fused-ring (bicyclic) bond motifs is 1. The number of amides is 2. The number of ether oxygens (including phenoxy) is 1. The fourth-order valence-corrected chi connectivity index (χ4v) is 2.58. The highest BCUT2D eigenvalue weighted by Gasteiger charge is 2.06. The van der Waals surface area contributed by atoms with Crippen LogP contribution in [0.3, 0.4) is 0 Å². The Morgan fingerprint density at radius 3 is 2.63 bits per heavy atom. The van der Waals surface area contributed by atoms with E-state index in [1.165, 1.54) is 0 Å². The summed E-state index contributed by atoms with van der Waals surface area (Å²) in [7, 11) is 0. The molecule has 0 saturated heterocycles. The first-order chi connectivity index (χ1) is 13.2. The van der Waals surface area contributed by atoms with Crippen molar-refractivity contribution in [1.29, 1.82) is 0 Å². The number of carbonyl (C=O) groups is 2. The number of nitrogens with one attached hydrogen (secondary N) is 2. The van der Waals surface area contributed by atoms with Gasteiger partial charge in [-0.1, -0.05) is 48.5 Å². The number of anilines is 1. The third-order valence-corrected chi connectivity index (χ3v) is 3.94. The highest BCUT2D eigenvalue weighted by molar-refractivity contribution is 5.93. The molecule has 0 atom stereocenters. The van der Waals surface area contributed by atoms with E-state index in [0.29, 0.717) is 25.1 Å². The molecule has 138 valence electrons. The van der Waals surface area contributed by atoms with Crippen LogP contribution in [0, 0.1) is 0 Å². The second-order valence-corrected chi connectivity index (χ2v) is 6.06. The molecule has 0 spiro atoms. The minimum Gasteiger partial charge on any atom is -0.445 e. The predicted molar refractivity (Wildman–Crippen MR) is 104 cm³/mol. The standard InChI is InChI=1S/C21H21N3O3/c25-20(24-18-13-17-9-4-5-10-19(17)23-14-18)11-6-12-22-21(26)27-15-16-7-2-1-3-8-16/h1-5,7-10,13-14H,6,11-12,15H2,(H,22,26)(H,24,25). The van der Waals surface area contributed by atoms with Crippen LogP contribution >= 0.6 is 0 Å². The number of rotatable bonds is 7. The maximum absolute atomic E-state index is 12.0. The molecule has 3 aromatic rings. The maximum atomic E-state index is 12.0. The summed E-state index contributed by atoms with van der Waals surface area (Å²) in [5, 5.41) is 6.44. The molecule has 0 radical (unpaired) electrons. The summed E-state index contributed by atoms with van der Waals surface area (Å²) < 4.78 is 5.11. The second kappa shape index (κ2) is 9.33. The molecule has 2 N–H and O–H groups in total. The third kappa shape index (κ3) is 5.81. The molecule has 0 unspecified atom stereocenters. The highest BCUT2D eigenvalue weighted by atomic mass is 16.5. The Balaban J connectivity index is 1.34. The van der Waals surface area contributed by atoms with E-state index in [9.17, 15) is 9.59 Å². The molecule has 2 aromatic carbocycles. The summed E-state index contributed by atoms with van der Waals surface area (Å²) in [6.45, 7) is 0.596. The van der Waals surface area contributed by atoms with Crippen LogP contribution in [0.1, 0.15) is 18.4 Å². The Morgan fingerprint density at radius 2 is 1.78 bits per heavy atom. The van der Waals surface area contributed by atoms with E-state index in [-0.39, 0.29) is 12.5 Å². The smallest absolute Gasteiger partial charge is 0.407 e. The summed E-state index contributed by atoms with van der Waals surface area (Å²) in [5.74, 6) is -0.119. The van der Waals surface area contributed by atoms with Crippen LogP contribution in [0.15, 0.2) is 66.9 Å². The summed E-state index contributed by atoms with van der Waals surface area (Å²) in [6, 6.07) is 19.1. The largest absolute Gasteiger partial charge is 0.445 e. The van der Waals surface area contributed by atoms with Gasteiger partial charge in [0.1, 0.15) is 6.61 Å². The van der Waals surface area contributed by atoms with Gasteiger partial charge in [0.2, 0.25) is 5.91 Å². The topological polar surface area (TPSA) is 80.3 Å². The van der Waals surface area contributed by atoms with Gasteiger partial charge in [-0.05, 0) is 24.1 Å². The molecule has 0 aliphatic heterocycles. The number of hydrogen-bond donors (Lipinski definition) is 2. The Labute approximate surface area is 157 Å². The SMILES string of the molecule is O=C(CCCNC(=O)OCc1ccccc1)Nc1cnc2ccccc2c1. The average Bonchev–Trinajstić information content (AvgIpc) is 2.70. The van der Waals surface area contributed by atoms with E-state index in [4.69, 9.17) is 4.74 Å². The second-order valence-electron chi connectivity index (χ2n) is 6.06. The van der Waals surface area contributed by atoms with Crippen molar-refractivity contribution >= 4 is 28.6 Å². The molecule has 0 saturated carbocycles. The first kappa shape index (κ1) is 18.4. The Bertz CT molecular complexity index is 913. The van der Waals surface area contributed by atoms with Crippen molar-refractivity contribution in [2.75, 3.05) is 11.9 Å². The number of hydrogen-bond acceptors (Lipinski definition) is 4. The predicted octanol–water partition coefficient (Wildman–Crippen LogP) is 3.88. The first-order valence-corrected chi connectivity index (χ1v) is 8.80. The van der Waals surface area contributed by atoms with E-state index in [1.54, 1.807) is 6.20 Å². The van der Waals surface area contributed by atoms with Gasteiger partial charge in [0.15, 0.2) is 0 Å². The minimum atomic E-state index is -0.488. The molecule has 6 heteroatoms. The minimum absolute atomic E-state index is 0.119. The molecular weight excluding hydrogens is 342 g/mol. The number of alkyl carbamates (subject to hydrolysis) is 1. The molecule has 2 amide bonds. The zero-order valence-electron chi connectivity index (χ0n) is 14.9. The lowest BCUT2D eigenvalue weighted by Gasteiger charge is -2.08. The molecule has 3 rings (SSSR count). The van der Waals surface area contributed by atoms with Gasteiger partial charge < -0.3 is 15.4 Å². The van der Waals surface area contributed by atoms with Crippen LogP contribution in [0.5, 0.6) is 0 Å². The zero-order valence-corrected chi connectivity index (χ0v) is 14.9. The fourth-order valence-electron chi connectivity index (χ4n) is 2.58. The van der Waals surface area contributed by atoms with Crippen molar-refractivity contribution in [2.45, 2.75) is 19.4 Å². The van der Waals surface area contributed by atoms with Gasteiger partial charge in [0, 0.05) is 18.4 Å². The molecule has 0 fully saturated rings. The Hall–Kier alpha value is -3.41. The van der Waals surface area contributed by atoms with E-state index in [0.717, 1.165) is 16.5 Å². The number of carbonyl (C=O) groups excluding carboxylic acids is 2. The molecule has 1 aromatic heterocycles. The third-order valence-electron chi connectivity index (χ3n) is 3.94. The van der Waals surface area contributed by atoms with Crippen LogP contribution in [0.4, 0.5) is 10.5 Å². The summed E-state index contributed by atoms with van der Waals surface area (Å²) in [5.41, 5.74) is 2.47. The van der Waals surface area contributed by atoms with E-state index < -0.39 is 6.09 Å². The molecule has 1 heterocycles. The van der Waals surface area contributed by atoms with Gasteiger partial charge in [-0.15, -0.1) is 0 Å². The van der Waals surface area contributed by atoms with Crippen LogP contribution < -0.4 is 10.6 Å². The van der Waals surface area contributed by atoms with Crippen molar-refractivity contribution in [3.8, 4) is 0 Å². The van der Waals surface area contributed by atoms with Gasteiger partial charge in [-0.3, -0.25) is 9.78 Å². The lowest BCUT2D eigenvalue weighted by atomic mass is 10.2. The number of para-hydroxylation sites is 1. The molecule has 0 aliphatic carbocycles. The normalized spacial score (nSPS) is 10.4. The maximum Gasteiger partial charge on any atom is 0.407 e. The monoisotopic (exact) mass is 363 g/mol. The molecule has 6 nitrogen and oxygen atoms in total. The summed E-state index contributed by atoms with van der Waals surface area (Å²) in [6.07, 6.45) is 1.97. The number of aromatic nitrogens is 1. The van der Waals surface area contributed by atoms with Crippen LogP contribution in [-0.4, -0.2) is 23.5 Å². The number of nitrogens with zero attached hydrogens (tertiary/aromatic N) is 1. The van der Waals surface area contributed by atoms with Crippen molar-refractivity contribution in [2.24, 2.45) is 0 Å². The molecular formula is C21H21N3O3. The molecule has 27 heavy (non-hydrogen) atoms. The van der Waals surface area contributed by atoms with E-state index in [1.807, 2.05) is 60.7 Å². The zero-order chi connectivity index (χ0) is 18.9. The van der Waals surface area contributed by atoms with Crippen LogP contribution in [0.25, 0.3) is 10.9 Å². The fraction of sp³-hybridized carbons (Fsp3) is 0.190.